The number of hydrogen-bond donors (Lipinski definition) is 2. The maximum absolute atomic E-state index is 12.7. The van der Waals surface area contributed by atoms with Crippen LogP contribution < -0.4 is 10.0 Å². The second-order valence-electron chi connectivity index (χ2n) is 6.42. The van der Waals surface area contributed by atoms with Gasteiger partial charge in [-0.3, -0.25) is 4.79 Å². The lowest BCUT2D eigenvalue weighted by molar-refractivity contribution is 0.102. The molecular formula is C19H21ClN2O3S. The van der Waals surface area contributed by atoms with Gasteiger partial charge in [-0.2, -0.15) is 0 Å². The zero-order valence-electron chi connectivity index (χ0n) is 14.2. The van der Waals surface area contributed by atoms with Gasteiger partial charge in [0.1, 0.15) is 4.90 Å². The third-order valence-electron chi connectivity index (χ3n) is 4.44. The van der Waals surface area contributed by atoms with Crippen molar-refractivity contribution in [3.63, 3.8) is 0 Å². The van der Waals surface area contributed by atoms with Crippen LogP contribution in [0.5, 0.6) is 0 Å². The molecule has 26 heavy (non-hydrogen) atoms. The second kappa shape index (κ2) is 8.20. The average molecular weight is 393 g/mol. The van der Waals surface area contributed by atoms with Gasteiger partial charge in [0.25, 0.3) is 5.91 Å². The lowest BCUT2D eigenvalue weighted by atomic mass is 9.96. The van der Waals surface area contributed by atoms with Crippen molar-refractivity contribution >= 4 is 33.2 Å². The molecule has 0 aromatic heterocycles. The van der Waals surface area contributed by atoms with E-state index >= 15 is 0 Å². The molecule has 0 heterocycles. The van der Waals surface area contributed by atoms with E-state index in [0.29, 0.717) is 5.69 Å². The number of para-hydroxylation sites is 1. The molecule has 0 atom stereocenters. The molecule has 5 nitrogen and oxygen atoms in total. The summed E-state index contributed by atoms with van der Waals surface area (Å²) in [6.45, 7) is 0. The van der Waals surface area contributed by atoms with Crippen molar-refractivity contribution in [2.45, 2.75) is 43.0 Å². The topological polar surface area (TPSA) is 75.3 Å². The van der Waals surface area contributed by atoms with Crippen LogP contribution in [0.1, 0.15) is 42.5 Å². The van der Waals surface area contributed by atoms with E-state index in [1.165, 1.54) is 18.2 Å². The van der Waals surface area contributed by atoms with Gasteiger partial charge >= 0.3 is 0 Å². The summed E-state index contributed by atoms with van der Waals surface area (Å²) in [4.78, 5) is 12.4. The molecule has 1 amide bonds. The summed E-state index contributed by atoms with van der Waals surface area (Å²) < 4.78 is 28.2. The summed E-state index contributed by atoms with van der Waals surface area (Å²) in [7, 11) is -3.78. The van der Waals surface area contributed by atoms with E-state index in [0.717, 1.165) is 32.1 Å². The molecule has 7 heteroatoms. The predicted molar refractivity (Wildman–Crippen MR) is 103 cm³/mol. The largest absolute Gasteiger partial charge is 0.322 e. The summed E-state index contributed by atoms with van der Waals surface area (Å²) in [5.41, 5.74) is 0.874. The maximum atomic E-state index is 12.7. The first-order chi connectivity index (χ1) is 12.5. The Bertz CT molecular complexity index is 879. The molecule has 2 N–H and O–H groups in total. The van der Waals surface area contributed by atoms with E-state index in [9.17, 15) is 13.2 Å². The minimum atomic E-state index is -3.78. The minimum absolute atomic E-state index is 0.0644. The number of halogens is 1. The lowest BCUT2D eigenvalue weighted by Crippen LogP contribution is -2.36. The molecular weight excluding hydrogens is 372 g/mol. The van der Waals surface area contributed by atoms with Gasteiger partial charge in [-0.05, 0) is 43.2 Å². The normalized spacial score (nSPS) is 15.6. The number of carbonyl (C=O) groups is 1. The Morgan fingerprint density at radius 3 is 2.38 bits per heavy atom. The highest BCUT2D eigenvalue weighted by atomic mass is 35.5. The Morgan fingerprint density at radius 1 is 1.00 bits per heavy atom. The molecule has 1 saturated carbocycles. The van der Waals surface area contributed by atoms with Gasteiger partial charge in [-0.25, -0.2) is 13.1 Å². The fourth-order valence-electron chi connectivity index (χ4n) is 3.08. The van der Waals surface area contributed by atoms with Crippen molar-refractivity contribution in [2.75, 3.05) is 5.32 Å². The fourth-order valence-corrected chi connectivity index (χ4v) is 4.91. The van der Waals surface area contributed by atoms with Crippen molar-refractivity contribution in [3.05, 3.63) is 59.1 Å². The number of benzene rings is 2. The number of nitrogens with one attached hydrogen (secondary N) is 2. The quantitative estimate of drug-likeness (QED) is 0.800. The molecule has 1 aliphatic rings. The molecule has 0 bridgehead atoms. The van der Waals surface area contributed by atoms with Gasteiger partial charge in [-0.1, -0.05) is 49.1 Å². The van der Waals surface area contributed by atoms with E-state index in [4.69, 9.17) is 11.6 Å². The number of carbonyl (C=O) groups excluding carboxylic acids is 1. The van der Waals surface area contributed by atoms with Gasteiger partial charge in [0.15, 0.2) is 0 Å². The van der Waals surface area contributed by atoms with Gasteiger partial charge in [0.05, 0.1) is 5.02 Å². The van der Waals surface area contributed by atoms with Crippen LogP contribution >= 0.6 is 11.6 Å². The zero-order chi connectivity index (χ0) is 18.6. The Kier molecular flexibility index (Phi) is 5.96. The third kappa shape index (κ3) is 4.63. The van der Waals surface area contributed by atoms with Crippen LogP contribution in [0.25, 0.3) is 0 Å². The summed E-state index contributed by atoms with van der Waals surface area (Å²) >= 11 is 6.11. The smallest absolute Gasteiger partial charge is 0.255 e. The highest BCUT2D eigenvalue weighted by molar-refractivity contribution is 7.89. The highest BCUT2D eigenvalue weighted by Gasteiger charge is 2.25. The van der Waals surface area contributed by atoms with Gasteiger partial charge in [0, 0.05) is 17.3 Å². The average Bonchev–Trinajstić information content (AvgIpc) is 2.63. The van der Waals surface area contributed by atoms with Crippen molar-refractivity contribution < 1.29 is 13.2 Å². The van der Waals surface area contributed by atoms with Crippen molar-refractivity contribution in [2.24, 2.45) is 0 Å². The van der Waals surface area contributed by atoms with E-state index in [1.54, 1.807) is 24.3 Å². The van der Waals surface area contributed by atoms with Crippen molar-refractivity contribution in [1.82, 2.24) is 4.72 Å². The van der Waals surface area contributed by atoms with Gasteiger partial charge in [-0.15, -0.1) is 0 Å². The molecule has 0 spiro atoms. The van der Waals surface area contributed by atoms with Crippen LogP contribution in [0.15, 0.2) is 53.4 Å². The van der Waals surface area contributed by atoms with Crippen LogP contribution in [0.3, 0.4) is 0 Å². The lowest BCUT2D eigenvalue weighted by Gasteiger charge is -2.23. The van der Waals surface area contributed by atoms with Gasteiger partial charge < -0.3 is 5.32 Å². The van der Waals surface area contributed by atoms with E-state index in [-0.39, 0.29) is 27.4 Å². The fraction of sp³-hybridized carbons (Fsp3) is 0.316. The molecule has 2 aromatic rings. The monoisotopic (exact) mass is 392 g/mol. The van der Waals surface area contributed by atoms with Gasteiger partial charge in [0.2, 0.25) is 10.0 Å². The number of hydrogen-bond acceptors (Lipinski definition) is 3. The molecule has 1 aliphatic carbocycles. The highest BCUT2D eigenvalue weighted by Crippen LogP contribution is 2.25. The number of amides is 1. The molecule has 2 aromatic carbocycles. The molecule has 0 aliphatic heterocycles. The van der Waals surface area contributed by atoms with E-state index < -0.39 is 10.0 Å². The van der Waals surface area contributed by atoms with Crippen LogP contribution in [-0.2, 0) is 10.0 Å². The Morgan fingerprint density at radius 2 is 1.69 bits per heavy atom. The second-order valence-corrected chi connectivity index (χ2v) is 8.51. The Hall–Kier alpha value is -1.89. The summed E-state index contributed by atoms with van der Waals surface area (Å²) in [5, 5.41) is 2.84. The number of rotatable bonds is 5. The third-order valence-corrected chi connectivity index (χ3v) is 6.44. The Labute approximate surface area is 158 Å². The first kappa shape index (κ1) is 18.9. The first-order valence-corrected chi connectivity index (χ1v) is 10.5. The molecule has 3 rings (SSSR count). The summed E-state index contributed by atoms with van der Waals surface area (Å²) in [5.74, 6) is -0.387. The minimum Gasteiger partial charge on any atom is -0.322 e. The summed E-state index contributed by atoms with van der Waals surface area (Å²) in [6, 6.07) is 13.2. The summed E-state index contributed by atoms with van der Waals surface area (Å²) in [6.07, 6.45) is 4.81. The van der Waals surface area contributed by atoms with Crippen LogP contribution in [0, 0.1) is 0 Å². The van der Waals surface area contributed by atoms with E-state index in [1.807, 2.05) is 6.07 Å². The standard InChI is InChI=1S/C19H21ClN2O3S/c20-17-12-11-14(19(23)21-15-7-3-1-4-8-15)13-18(17)26(24,25)22-16-9-5-2-6-10-16/h1,3-4,7-8,11-13,16,22H,2,5-6,9-10H2,(H,21,23). The van der Waals surface area contributed by atoms with Crippen molar-refractivity contribution in [1.29, 1.82) is 0 Å². The molecule has 0 radical (unpaired) electrons. The molecule has 0 unspecified atom stereocenters. The van der Waals surface area contributed by atoms with Crippen LogP contribution in [0.2, 0.25) is 5.02 Å². The Balaban J connectivity index is 1.81. The van der Waals surface area contributed by atoms with Crippen LogP contribution in [0.4, 0.5) is 5.69 Å². The predicted octanol–water partition coefficient (Wildman–Crippen LogP) is 4.20. The molecule has 1 fully saturated rings. The molecule has 0 saturated heterocycles. The molecule has 138 valence electrons. The van der Waals surface area contributed by atoms with Crippen molar-refractivity contribution in [3.8, 4) is 0 Å². The van der Waals surface area contributed by atoms with Crippen LogP contribution in [-0.4, -0.2) is 20.4 Å². The zero-order valence-corrected chi connectivity index (χ0v) is 15.8. The SMILES string of the molecule is O=C(Nc1ccccc1)c1ccc(Cl)c(S(=O)(=O)NC2CCCCC2)c1. The van der Waals surface area contributed by atoms with E-state index in [2.05, 4.69) is 10.0 Å². The first-order valence-electron chi connectivity index (χ1n) is 8.64. The number of sulfonamides is 1. The maximum Gasteiger partial charge on any atom is 0.255 e. The number of anilines is 1.